The molecule has 0 saturated heterocycles. The molecule has 1 aliphatic heterocycles. The average Bonchev–Trinajstić information content (AvgIpc) is 2.88. The number of ether oxygens (including phenoxy) is 2. The third-order valence-electron chi connectivity index (χ3n) is 4.81. The van der Waals surface area contributed by atoms with E-state index < -0.39 is 11.4 Å². The number of carboxylic acid groups (broad SMARTS) is 1. The minimum absolute atomic E-state index is 0.244. The van der Waals surface area contributed by atoms with E-state index in [1.54, 1.807) is 38.1 Å². The van der Waals surface area contributed by atoms with Crippen LogP contribution in [0, 0.1) is 0 Å². The van der Waals surface area contributed by atoms with Crippen LogP contribution in [0.2, 0.25) is 5.02 Å². The van der Waals surface area contributed by atoms with Crippen molar-refractivity contribution in [3.63, 3.8) is 0 Å². The lowest BCUT2D eigenvalue weighted by atomic mass is 9.85. The van der Waals surface area contributed by atoms with Gasteiger partial charge in [0.05, 0.1) is 5.41 Å². The Balaban J connectivity index is 1.77. The van der Waals surface area contributed by atoms with Crippen molar-refractivity contribution in [1.29, 1.82) is 0 Å². The Labute approximate surface area is 158 Å². The Morgan fingerprint density at radius 1 is 1.23 bits per heavy atom. The molecule has 0 amide bonds. The van der Waals surface area contributed by atoms with Gasteiger partial charge in [0, 0.05) is 22.6 Å². The number of aliphatic carboxylic acids is 1. The van der Waals surface area contributed by atoms with Gasteiger partial charge in [0.2, 0.25) is 0 Å². The number of carbonyl (C=O) groups is 1. The molecule has 4 nitrogen and oxygen atoms in total. The topological polar surface area (TPSA) is 55.8 Å². The van der Waals surface area contributed by atoms with Crippen molar-refractivity contribution in [2.45, 2.75) is 51.7 Å². The van der Waals surface area contributed by atoms with Crippen LogP contribution in [-0.2, 0) is 23.2 Å². The van der Waals surface area contributed by atoms with E-state index in [9.17, 15) is 9.90 Å². The second-order valence-electron chi connectivity index (χ2n) is 7.78. The first-order valence-corrected chi connectivity index (χ1v) is 8.94. The Bertz CT molecular complexity index is 838. The maximum absolute atomic E-state index is 11.4. The van der Waals surface area contributed by atoms with Crippen molar-refractivity contribution in [2.24, 2.45) is 0 Å². The van der Waals surface area contributed by atoms with Gasteiger partial charge in [-0.25, -0.2) is 0 Å². The van der Waals surface area contributed by atoms with Crippen LogP contribution in [0.1, 0.15) is 44.4 Å². The summed E-state index contributed by atoms with van der Waals surface area (Å²) in [6, 6.07) is 10.9. The number of hydrogen-bond acceptors (Lipinski definition) is 3. The molecule has 26 heavy (non-hydrogen) atoms. The van der Waals surface area contributed by atoms with Gasteiger partial charge in [-0.15, -0.1) is 0 Å². The van der Waals surface area contributed by atoms with E-state index in [4.69, 9.17) is 21.1 Å². The molecule has 138 valence electrons. The maximum atomic E-state index is 11.4. The molecule has 1 aliphatic rings. The third-order valence-corrected chi connectivity index (χ3v) is 5.17. The van der Waals surface area contributed by atoms with E-state index in [0.717, 1.165) is 28.9 Å². The second kappa shape index (κ2) is 6.51. The van der Waals surface area contributed by atoms with Gasteiger partial charge in [0.15, 0.2) is 0 Å². The quantitative estimate of drug-likeness (QED) is 0.800. The molecule has 1 heterocycles. The molecule has 2 aromatic carbocycles. The van der Waals surface area contributed by atoms with Gasteiger partial charge in [0.25, 0.3) is 0 Å². The number of fused-ring (bicyclic) bond motifs is 1. The fraction of sp³-hybridized carbons (Fsp3) is 0.381. The summed E-state index contributed by atoms with van der Waals surface area (Å²) in [4.78, 5) is 11.4. The van der Waals surface area contributed by atoms with Crippen LogP contribution in [0.4, 0.5) is 0 Å². The highest BCUT2D eigenvalue weighted by atomic mass is 35.5. The molecule has 2 aromatic rings. The predicted octanol–water partition coefficient (Wildman–Crippen LogP) is 4.99. The fourth-order valence-electron chi connectivity index (χ4n) is 3.09. The van der Waals surface area contributed by atoms with E-state index in [2.05, 4.69) is 13.8 Å². The molecule has 0 radical (unpaired) electrons. The fourth-order valence-corrected chi connectivity index (χ4v) is 3.33. The largest absolute Gasteiger partial charge is 0.489 e. The van der Waals surface area contributed by atoms with Crippen LogP contribution < -0.4 is 9.47 Å². The Kier molecular flexibility index (Phi) is 4.65. The van der Waals surface area contributed by atoms with E-state index in [-0.39, 0.29) is 5.60 Å². The van der Waals surface area contributed by atoms with E-state index in [1.807, 2.05) is 12.1 Å². The SMILES string of the molecule is CC1(C)Cc2c(ccc(Cl)c2COc2ccc(C(C)(C)C(=O)O)cc2)O1. The zero-order chi connectivity index (χ0) is 19.1. The molecule has 0 bridgehead atoms. The summed E-state index contributed by atoms with van der Waals surface area (Å²) in [6.07, 6.45) is 0.785. The maximum Gasteiger partial charge on any atom is 0.313 e. The first-order chi connectivity index (χ1) is 12.1. The zero-order valence-electron chi connectivity index (χ0n) is 15.4. The Morgan fingerprint density at radius 2 is 1.88 bits per heavy atom. The number of rotatable bonds is 5. The van der Waals surface area contributed by atoms with Crippen molar-refractivity contribution in [3.05, 3.63) is 58.1 Å². The number of carboxylic acids is 1. The van der Waals surface area contributed by atoms with Crippen LogP contribution in [-0.4, -0.2) is 16.7 Å². The van der Waals surface area contributed by atoms with Gasteiger partial charge >= 0.3 is 5.97 Å². The first-order valence-electron chi connectivity index (χ1n) is 8.56. The van der Waals surface area contributed by atoms with E-state index in [0.29, 0.717) is 17.4 Å². The summed E-state index contributed by atoms with van der Waals surface area (Å²) in [6.45, 7) is 7.80. The summed E-state index contributed by atoms with van der Waals surface area (Å²) in [5.74, 6) is 0.666. The highest BCUT2D eigenvalue weighted by molar-refractivity contribution is 6.31. The van der Waals surface area contributed by atoms with Gasteiger partial charge < -0.3 is 14.6 Å². The van der Waals surface area contributed by atoms with Gasteiger partial charge in [-0.3, -0.25) is 4.79 Å². The number of benzene rings is 2. The Morgan fingerprint density at radius 3 is 2.50 bits per heavy atom. The molecular weight excluding hydrogens is 352 g/mol. The average molecular weight is 375 g/mol. The summed E-state index contributed by atoms with van der Waals surface area (Å²) < 4.78 is 11.9. The van der Waals surface area contributed by atoms with Crippen molar-refractivity contribution in [3.8, 4) is 11.5 Å². The smallest absolute Gasteiger partial charge is 0.313 e. The monoisotopic (exact) mass is 374 g/mol. The zero-order valence-corrected chi connectivity index (χ0v) is 16.2. The third kappa shape index (κ3) is 3.51. The molecular formula is C21H23ClO4. The van der Waals surface area contributed by atoms with Crippen molar-refractivity contribution in [1.82, 2.24) is 0 Å². The lowest BCUT2D eigenvalue weighted by Gasteiger charge is -2.20. The molecule has 0 spiro atoms. The van der Waals surface area contributed by atoms with Crippen LogP contribution in [0.15, 0.2) is 36.4 Å². The minimum atomic E-state index is -0.939. The van der Waals surface area contributed by atoms with Crippen molar-refractivity contribution < 1.29 is 19.4 Å². The van der Waals surface area contributed by atoms with Crippen LogP contribution >= 0.6 is 11.6 Å². The summed E-state index contributed by atoms with van der Waals surface area (Å²) >= 11 is 6.39. The predicted molar refractivity (Wildman–Crippen MR) is 101 cm³/mol. The first kappa shape index (κ1) is 18.6. The summed E-state index contributed by atoms with van der Waals surface area (Å²) in [5.41, 5.74) is 1.57. The van der Waals surface area contributed by atoms with Gasteiger partial charge in [-0.05, 0) is 57.5 Å². The minimum Gasteiger partial charge on any atom is -0.489 e. The standard InChI is InChI=1S/C21H23ClO4/c1-20(2)11-15-16(17(22)9-10-18(15)26-20)12-25-14-7-5-13(6-8-14)21(3,4)19(23)24/h5-10H,11-12H2,1-4H3,(H,23,24). The molecule has 0 aromatic heterocycles. The van der Waals surface area contributed by atoms with Crippen molar-refractivity contribution >= 4 is 17.6 Å². The number of hydrogen-bond donors (Lipinski definition) is 1. The lowest BCUT2D eigenvalue weighted by molar-refractivity contribution is -0.142. The van der Waals surface area contributed by atoms with Crippen LogP contribution in [0.25, 0.3) is 0 Å². The normalized spacial score (nSPS) is 15.3. The molecule has 0 unspecified atom stereocenters. The summed E-state index contributed by atoms with van der Waals surface area (Å²) in [5, 5.41) is 9.98. The number of halogens is 1. The van der Waals surface area contributed by atoms with Crippen LogP contribution in [0.5, 0.6) is 11.5 Å². The molecule has 0 atom stereocenters. The molecule has 0 aliphatic carbocycles. The van der Waals surface area contributed by atoms with Crippen molar-refractivity contribution in [2.75, 3.05) is 0 Å². The second-order valence-corrected chi connectivity index (χ2v) is 8.19. The molecule has 0 saturated carbocycles. The van der Waals surface area contributed by atoms with E-state index >= 15 is 0 Å². The van der Waals surface area contributed by atoms with Gasteiger partial charge in [-0.1, -0.05) is 23.7 Å². The molecule has 1 N–H and O–H groups in total. The Hall–Kier alpha value is -2.20. The molecule has 5 heteroatoms. The lowest BCUT2D eigenvalue weighted by Crippen LogP contribution is -2.28. The highest BCUT2D eigenvalue weighted by Crippen LogP contribution is 2.40. The molecule has 3 rings (SSSR count). The van der Waals surface area contributed by atoms with E-state index in [1.165, 1.54) is 0 Å². The van der Waals surface area contributed by atoms with Gasteiger partial charge in [-0.2, -0.15) is 0 Å². The van der Waals surface area contributed by atoms with Crippen LogP contribution in [0.3, 0.4) is 0 Å². The summed E-state index contributed by atoms with van der Waals surface area (Å²) in [7, 11) is 0. The highest BCUT2D eigenvalue weighted by Gasteiger charge is 2.33. The molecule has 0 fully saturated rings. The van der Waals surface area contributed by atoms with Gasteiger partial charge in [0.1, 0.15) is 23.7 Å².